The zero-order valence-corrected chi connectivity index (χ0v) is 18.7. The van der Waals surface area contributed by atoms with Gasteiger partial charge in [0.1, 0.15) is 10.8 Å². The van der Waals surface area contributed by atoms with Gasteiger partial charge in [-0.2, -0.15) is 0 Å². The minimum absolute atomic E-state index is 0.246. The summed E-state index contributed by atoms with van der Waals surface area (Å²) in [6.07, 6.45) is 4.89. The van der Waals surface area contributed by atoms with Crippen LogP contribution in [0.3, 0.4) is 0 Å². The highest BCUT2D eigenvalue weighted by molar-refractivity contribution is 7.92. The first-order valence-corrected chi connectivity index (χ1v) is 12.1. The molecule has 3 rings (SSSR count). The van der Waals surface area contributed by atoms with Gasteiger partial charge in [-0.15, -0.1) is 11.3 Å². The van der Waals surface area contributed by atoms with Crippen molar-refractivity contribution in [3.05, 3.63) is 40.3 Å². The normalized spacial score (nSPS) is 13.3. The number of hydrogen-bond donors (Lipinski definition) is 1. The van der Waals surface area contributed by atoms with Gasteiger partial charge in [0.2, 0.25) is 10.0 Å². The lowest BCUT2D eigenvalue weighted by Crippen LogP contribution is -2.24. The fraction of sp³-hybridized carbons (Fsp3) is 0.400. The van der Waals surface area contributed by atoms with Crippen LogP contribution < -0.4 is 14.4 Å². The maximum absolute atomic E-state index is 12.4. The Morgan fingerprint density at radius 2 is 1.83 bits per heavy atom. The maximum atomic E-state index is 12.4. The number of ether oxygens (including phenoxy) is 2. The number of anilines is 2. The standard InChI is InChI=1S/C20H24N2O6S2/c1-22(30(3,25)26)13-8-10-14(11-9-13)28-12-17(23)21-19-18(20(24)27-2)15-6-4-5-7-16(15)29-19/h8-11H,4-7,12H2,1-3H3,(H,21,23). The van der Waals surface area contributed by atoms with Crippen molar-refractivity contribution in [2.24, 2.45) is 0 Å². The number of esters is 1. The van der Waals surface area contributed by atoms with Crippen LogP contribution in [0, 0.1) is 0 Å². The first kappa shape index (κ1) is 22.1. The average Bonchev–Trinajstić information content (AvgIpc) is 3.08. The Labute approximate surface area is 179 Å². The monoisotopic (exact) mass is 452 g/mol. The molecule has 1 aliphatic rings. The number of rotatable bonds is 7. The molecule has 1 aliphatic carbocycles. The molecule has 0 atom stereocenters. The number of methoxy groups -OCH3 is 1. The lowest BCUT2D eigenvalue weighted by atomic mass is 9.95. The molecule has 0 unspecified atom stereocenters. The van der Waals surface area contributed by atoms with Crippen molar-refractivity contribution in [3.8, 4) is 5.75 Å². The Bertz CT molecular complexity index is 1040. The molecule has 0 saturated carbocycles. The summed E-state index contributed by atoms with van der Waals surface area (Å²) < 4.78 is 34.7. The van der Waals surface area contributed by atoms with Crippen LogP contribution in [0.15, 0.2) is 24.3 Å². The number of hydrogen-bond acceptors (Lipinski definition) is 7. The summed E-state index contributed by atoms with van der Waals surface area (Å²) in [7, 11) is -0.568. The Kier molecular flexibility index (Phi) is 6.67. The smallest absolute Gasteiger partial charge is 0.341 e. The van der Waals surface area contributed by atoms with Gasteiger partial charge < -0.3 is 14.8 Å². The molecule has 8 nitrogen and oxygen atoms in total. The lowest BCUT2D eigenvalue weighted by molar-refractivity contribution is -0.118. The summed E-state index contributed by atoms with van der Waals surface area (Å²) in [4.78, 5) is 25.8. The highest BCUT2D eigenvalue weighted by atomic mass is 32.2. The van der Waals surface area contributed by atoms with Crippen molar-refractivity contribution in [1.29, 1.82) is 0 Å². The highest BCUT2D eigenvalue weighted by Crippen LogP contribution is 2.38. The summed E-state index contributed by atoms with van der Waals surface area (Å²) in [5.41, 5.74) is 1.90. The predicted molar refractivity (Wildman–Crippen MR) is 116 cm³/mol. The number of fused-ring (bicyclic) bond motifs is 1. The molecule has 1 aromatic heterocycles. The molecule has 2 aromatic rings. The lowest BCUT2D eigenvalue weighted by Gasteiger charge is -2.16. The van der Waals surface area contributed by atoms with Crippen LogP contribution in [0.2, 0.25) is 0 Å². The Morgan fingerprint density at radius 1 is 1.17 bits per heavy atom. The van der Waals surface area contributed by atoms with E-state index in [1.165, 1.54) is 25.5 Å². The van der Waals surface area contributed by atoms with Gasteiger partial charge in [0.25, 0.3) is 5.91 Å². The number of aryl methyl sites for hydroxylation is 1. The van der Waals surface area contributed by atoms with Gasteiger partial charge in [0, 0.05) is 11.9 Å². The molecule has 30 heavy (non-hydrogen) atoms. The number of sulfonamides is 1. The summed E-state index contributed by atoms with van der Waals surface area (Å²) in [5, 5.41) is 3.26. The molecule has 0 saturated heterocycles. The minimum atomic E-state index is -3.35. The first-order chi connectivity index (χ1) is 14.2. The molecule has 0 fully saturated rings. The van der Waals surface area contributed by atoms with Crippen LogP contribution in [0.25, 0.3) is 0 Å². The quantitative estimate of drug-likeness (QED) is 0.648. The number of benzene rings is 1. The van der Waals surface area contributed by atoms with E-state index in [9.17, 15) is 18.0 Å². The molecule has 0 bridgehead atoms. The van der Waals surface area contributed by atoms with E-state index in [4.69, 9.17) is 9.47 Å². The van der Waals surface area contributed by atoms with Gasteiger partial charge in [-0.1, -0.05) is 0 Å². The largest absolute Gasteiger partial charge is 0.484 e. The second-order valence-corrected chi connectivity index (χ2v) is 10.1. The highest BCUT2D eigenvalue weighted by Gasteiger charge is 2.27. The van der Waals surface area contributed by atoms with Gasteiger partial charge in [0.15, 0.2) is 6.61 Å². The minimum Gasteiger partial charge on any atom is -0.484 e. The molecule has 1 amide bonds. The van der Waals surface area contributed by atoms with Crippen LogP contribution in [0.1, 0.15) is 33.6 Å². The third kappa shape index (κ3) is 4.93. The second kappa shape index (κ2) is 9.05. The topological polar surface area (TPSA) is 102 Å². The fourth-order valence-electron chi connectivity index (χ4n) is 3.23. The molecule has 0 aliphatic heterocycles. The van der Waals surface area contributed by atoms with Gasteiger partial charge in [0.05, 0.1) is 24.6 Å². The molecule has 0 radical (unpaired) electrons. The molecule has 1 aromatic carbocycles. The van der Waals surface area contributed by atoms with E-state index in [-0.39, 0.29) is 6.61 Å². The molecule has 162 valence electrons. The van der Waals surface area contributed by atoms with Crippen molar-refractivity contribution in [3.63, 3.8) is 0 Å². The van der Waals surface area contributed by atoms with Crippen LogP contribution in [-0.4, -0.2) is 47.3 Å². The van der Waals surface area contributed by atoms with E-state index >= 15 is 0 Å². The molecular formula is C20H24N2O6S2. The van der Waals surface area contributed by atoms with Crippen LogP contribution in [-0.2, 0) is 32.4 Å². The van der Waals surface area contributed by atoms with Crippen molar-refractivity contribution < 1.29 is 27.5 Å². The Hall–Kier alpha value is -2.59. The van der Waals surface area contributed by atoms with Crippen molar-refractivity contribution in [2.75, 3.05) is 36.6 Å². The van der Waals surface area contributed by atoms with Gasteiger partial charge >= 0.3 is 5.97 Å². The Balaban J connectivity index is 1.65. The molecule has 10 heteroatoms. The van der Waals surface area contributed by atoms with E-state index in [0.717, 1.165) is 46.7 Å². The third-order valence-electron chi connectivity index (χ3n) is 4.88. The number of nitrogens with one attached hydrogen (secondary N) is 1. The zero-order chi connectivity index (χ0) is 21.9. The number of nitrogens with zero attached hydrogens (tertiary/aromatic N) is 1. The molecular weight excluding hydrogens is 428 g/mol. The van der Waals surface area contributed by atoms with E-state index in [2.05, 4.69) is 5.32 Å². The molecule has 0 spiro atoms. The summed E-state index contributed by atoms with van der Waals surface area (Å²) in [6, 6.07) is 6.37. The second-order valence-electron chi connectivity index (χ2n) is 6.97. The van der Waals surface area contributed by atoms with Gasteiger partial charge in [-0.25, -0.2) is 13.2 Å². The van der Waals surface area contributed by atoms with Gasteiger partial charge in [-0.3, -0.25) is 9.10 Å². The van der Waals surface area contributed by atoms with E-state index in [1.54, 1.807) is 24.3 Å². The van der Waals surface area contributed by atoms with E-state index in [1.807, 2.05) is 0 Å². The Morgan fingerprint density at radius 3 is 2.47 bits per heavy atom. The third-order valence-corrected chi connectivity index (χ3v) is 7.29. The number of carbonyl (C=O) groups excluding carboxylic acids is 2. The summed E-state index contributed by atoms with van der Waals surface area (Å²) in [5.74, 6) is -0.415. The van der Waals surface area contributed by atoms with Crippen molar-refractivity contribution in [1.82, 2.24) is 0 Å². The van der Waals surface area contributed by atoms with Crippen LogP contribution in [0.5, 0.6) is 5.75 Å². The number of thiophene rings is 1. The maximum Gasteiger partial charge on any atom is 0.341 e. The predicted octanol–water partition coefficient (Wildman–Crippen LogP) is 2.83. The SMILES string of the molecule is COC(=O)c1c(NC(=O)COc2ccc(N(C)S(C)(=O)=O)cc2)sc2c1CCCC2. The zero-order valence-electron chi connectivity index (χ0n) is 17.1. The number of amides is 1. The number of carbonyl (C=O) groups is 2. The van der Waals surface area contributed by atoms with Crippen LogP contribution in [0.4, 0.5) is 10.7 Å². The van der Waals surface area contributed by atoms with E-state index in [0.29, 0.717) is 22.0 Å². The first-order valence-electron chi connectivity index (χ1n) is 9.40. The molecule has 1 heterocycles. The van der Waals surface area contributed by atoms with E-state index < -0.39 is 21.9 Å². The summed E-state index contributed by atoms with van der Waals surface area (Å²) >= 11 is 1.41. The average molecular weight is 453 g/mol. The molecule has 1 N–H and O–H groups in total. The fourth-order valence-corrected chi connectivity index (χ4v) is 5.03. The van der Waals surface area contributed by atoms with Gasteiger partial charge in [-0.05, 0) is 55.5 Å². The van der Waals surface area contributed by atoms with Crippen LogP contribution >= 0.6 is 11.3 Å². The van der Waals surface area contributed by atoms with Crippen molar-refractivity contribution >= 4 is 43.9 Å². The van der Waals surface area contributed by atoms with Crippen molar-refractivity contribution in [2.45, 2.75) is 25.7 Å². The summed E-state index contributed by atoms with van der Waals surface area (Å²) in [6.45, 7) is -0.246.